The fraction of sp³-hybridized carbons (Fsp3) is 0.429. The van der Waals surface area contributed by atoms with Gasteiger partial charge in [0.2, 0.25) is 0 Å². The molecule has 0 spiro atoms. The summed E-state index contributed by atoms with van der Waals surface area (Å²) in [7, 11) is 0. The van der Waals surface area contributed by atoms with Crippen molar-refractivity contribution in [1.29, 1.82) is 0 Å². The molecular weight excluding hydrogens is 512 g/mol. The summed E-state index contributed by atoms with van der Waals surface area (Å²) >= 11 is 0. The molecule has 4 aromatic rings. The van der Waals surface area contributed by atoms with Gasteiger partial charge >= 0.3 is 0 Å². The average molecular weight is 545 g/mol. The van der Waals surface area contributed by atoms with Gasteiger partial charge in [-0.3, -0.25) is 19.8 Å². The minimum atomic E-state index is -0.432. The van der Waals surface area contributed by atoms with Crippen molar-refractivity contribution < 1.29 is 9.66 Å². The van der Waals surface area contributed by atoms with E-state index < -0.39 is 6.04 Å². The van der Waals surface area contributed by atoms with Crippen LogP contribution in [0.3, 0.4) is 0 Å². The van der Waals surface area contributed by atoms with Crippen molar-refractivity contribution in [2.75, 3.05) is 37.7 Å². The number of nitro groups is 1. The molecule has 6 rings (SSSR count). The molecule has 3 heterocycles. The zero-order valence-corrected chi connectivity index (χ0v) is 22.4. The fourth-order valence-corrected chi connectivity index (χ4v) is 5.97. The van der Waals surface area contributed by atoms with E-state index in [9.17, 15) is 14.9 Å². The Morgan fingerprint density at radius 2 is 1.82 bits per heavy atom. The van der Waals surface area contributed by atoms with E-state index in [1.807, 2.05) is 35.9 Å². The highest BCUT2D eigenvalue weighted by Gasteiger charge is 2.35. The van der Waals surface area contributed by atoms with Gasteiger partial charge in [-0.05, 0) is 66.6 Å². The molecule has 1 aliphatic carbocycles. The van der Waals surface area contributed by atoms with Crippen molar-refractivity contribution in [2.45, 2.75) is 44.7 Å². The number of nitrogens with zero attached hydrogens (tertiary/aromatic N) is 7. The van der Waals surface area contributed by atoms with Gasteiger partial charge in [-0.1, -0.05) is 12.8 Å². The second-order valence-corrected chi connectivity index (χ2v) is 10.4. The third kappa shape index (κ3) is 5.02. The normalized spacial score (nSPS) is 17.4. The maximum atomic E-state index is 13.6. The molecule has 0 unspecified atom stereocenters. The first-order valence-electron chi connectivity index (χ1n) is 13.8. The van der Waals surface area contributed by atoms with E-state index in [4.69, 9.17) is 4.74 Å². The largest absolute Gasteiger partial charge is 0.494 e. The van der Waals surface area contributed by atoms with Crippen LogP contribution in [-0.4, -0.2) is 67.8 Å². The summed E-state index contributed by atoms with van der Waals surface area (Å²) in [6, 6.07) is 14.0. The van der Waals surface area contributed by atoms with Gasteiger partial charge in [-0.25, -0.2) is 4.68 Å². The number of benzene rings is 2. The quantitative estimate of drug-likeness (QED) is 0.259. The molecule has 2 aromatic carbocycles. The molecular formula is C28H32N8O4. The number of nitrogens with one attached hydrogen (secondary N) is 1. The highest BCUT2D eigenvalue weighted by atomic mass is 16.6. The molecule has 208 valence electrons. The van der Waals surface area contributed by atoms with Crippen LogP contribution in [0.1, 0.15) is 56.1 Å². The smallest absolute Gasteiger partial charge is 0.269 e. The molecule has 1 N–H and O–H groups in total. The van der Waals surface area contributed by atoms with Crippen molar-refractivity contribution in [3.8, 4) is 5.75 Å². The number of tetrazole rings is 1. The van der Waals surface area contributed by atoms with E-state index in [0.717, 1.165) is 48.0 Å². The van der Waals surface area contributed by atoms with Crippen LogP contribution < -0.4 is 15.2 Å². The van der Waals surface area contributed by atoms with E-state index in [0.29, 0.717) is 44.2 Å². The molecule has 12 nitrogen and oxygen atoms in total. The van der Waals surface area contributed by atoms with E-state index in [1.165, 1.54) is 12.1 Å². The molecule has 2 fully saturated rings. The summed E-state index contributed by atoms with van der Waals surface area (Å²) in [5.74, 6) is 1.43. The van der Waals surface area contributed by atoms with Crippen molar-refractivity contribution in [1.82, 2.24) is 30.1 Å². The van der Waals surface area contributed by atoms with Gasteiger partial charge < -0.3 is 14.6 Å². The van der Waals surface area contributed by atoms with Gasteiger partial charge in [0.15, 0.2) is 5.82 Å². The molecule has 1 atom stereocenters. The summed E-state index contributed by atoms with van der Waals surface area (Å²) in [6.07, 6.45) is 4.31. The highest BCUT2D eigenvalue weighted by molar-refractivity contribution is 5.80. The Morgan fingerprint density at radius 1 is 1.07 bits per heavy atom. The van der Waals surface area contributed by atoms with Gasteiger partial charge in [0, 0.05) is 60.5 Å². The number of pyridine rings is 1. The number of H-pyrrole nitrogens is 1. The SMILES string of the molecule is CCOc1ccc2[nH]c(=O)c([C@@H](c3nnnn3C3CCCC3)N3CCN(c4ccc([N+](=O)[O-])cc4)CC3)cc2c1. The van der Waals surface area contributed by atoms with E-state index in [1.54, 1.807) is 12.1 Å². The molecule has 1 saturated heterocycles. The predicted octanol–water partition coefficient (Wildman–Crippen LogP) is 3.85. The van der Waals surface area contributed by atoms with E-state index >= 15 is 0 Å². The maximum absolute atomic E-state index is 13.6. The molecule has 40 heavy (non-hydrogen) atoms. The Kier molecular flexibility index (Phi) is 7.16. The number of rotatable bonds is 8. The Bertz CT molecular complexity index is 1550. The zero-order chi connectivity index (χ0) is 27.6. The Balaban J connectivity index is 1.35. The first-order chi connectivity index (χ1) is 19.5. The van der Waals surface area contributed by atoms with Gasteiger partial charge in [0.05, 0.1) is 17.6 Å². The van der Waals surface area contributed by atoms with Crippen LogP contribution in [-0.2, 0) is 0 Å². The van der Waals surface area contributed by atoms with Gasteiger partial charge in [0.1, 0.15) is 11.8 Å². The molecule has 2 aromatic heterocycles. The van der Waals surface area contributed by atoms with Gasteiger partial charge in [-0.15, -0.1) is 5.10 Å². The Hall–Kier alpha value is -4.32. The molecule has 0 radical (unpaired) electrons. The molecule has 12 heteroatoms. The second-order valence-electron chi connectivity index (χ2n) is 10.4. The van der Waals surface area contributed by atoms with Gasteiger partial charge in [-0.2, -0.15) is 0 Å². The lowest BCUT2D eigenvalue weighted by molar-refractivity contribution is -0.384. The van der Waals surface area contributed by atoms with Crippen LogP contribution in [0, 0.1) is 10.1 Å². The number of non-ortho nitro benzene ring substituents is 1. The van der Waals surface area contributed by atoms with Crippen molar-refractivity contribution in [2.24, 2.45) is 0 Å². The summed E-state index contributed by atoms with van der Waals surface area (Å²) in [5.41, 5.74) is 2.18. The number of fused-ring (bicyclic) bond motifs is 1. The number of ether oxygens (including phenoxy) is 1. The molecule has 1 aliphatic heterocycles. The van der Waals surface area contributed by atoms with Crippen LogP contribution in [0.5, 0.6) is 5.75 Å². The number of aromatic amines is 1. The van der Waals surface area contributed by atoms with Gasteiger partial charge in [0.25, 0.3) is 11.2 Å². The van der Waals surface area contributed by atoms with Crippen LogP contribution in [0.25, 0.3) is 10.9 Å². The molecule has 2 aliphatic rings. The van der Waals surface area contributed by atoms with Crippen LogP contribution in [0.15, 0.2) is 53.3 Å². The number of hydrogen-bond donors (Lipinski definition) is 1. The average Bonchev–Trinajstić information content (AvgIpc) is 3.67. The Morgan fingerprint density at radius 3 is 2.52 bits per heavy atom. The Labute approximate surface area is 230 Å². The number of nitro benzene ring substituents is 1. The number of hydrogen-bond acceptors (Lipinski definition) is 9. The van der Waals surface area contributed by atoms with E-state index in [-0.39, 0.29) is 22.2 Å². The summed E-state index contributed by atoms with van der Waals surface area (Å²) < 4.78 is 7.64. The monoisotopic (exact) mass is 544 g/mol. The first kappa shape index (κ1) is 25.9. The number of aromatic nitrogens is 5. The predicted molar refractivity (Wildman–Crippen MR) is 150 cm³/mol. The van der Waals surface area contributed by atoms with Crippen molar-refractivity contribution in [3.05, 3.63) is 80.4 Å². The third-order valence-electron chi connectivity index (χ3n) is 7.99. The molecule has 0 bridgehead atoms. The lowest BCUT2D eigenvalue weighted by Crippen LogP contribution is -2.49. The summed E-state index contributed by atoms with van der Waals surface area (Å²) in [4.78, 5) is 31.8. The number of anilines is 1. The van der Waals surface area contributed by atoms with E-state index in [2.05, 4.69) is 30.3 Å². The zero-order valence-electron chi connectivity index (χ0n) is 22.4. The minimum absolute atomic E-state index is 0.0734. The lowest BCUT2D eigenvalue weighted by Gasteiger charge is -2.39. The second kappa shape index (κ2) is 11.0. The highest BCUT2D eigenvalue weighted by Crippen LogP contribution is 2.35. The molecule has 1 saturated carbocycles. The van der Waals surface area contributed by atoms with Crippen molar-refractivity contribution >= 4 is 22.3 Å². The molecule has 0 amide bonds. The minimum Gasteiger partial charge on any atom is -0.494 e. The number of piperazine rings is 1. The summed E-state index contributed by atoms with van der Waals surface area (Å²) in [5, 5.41) is 24.9. The van der Waals surface area contributed by atoms with Crippen LogP contribution in [0.2, 0.25) is 0 Å². The topological polar surface area (TPSA) is 135 Å². The first-order valence-corrected chi connectivity index (χ1v) is 13.8. The third-order valence-corrected chi connectivity index (χ3v) is 7.99. The summed E-state index contributed by atoms with van der Waals surface area (Å²) in [6.45, 7) is 5.21. The van der Waals surface area contributed by atoms with Crippen LogP contribution >= 0.6 is 0 Å². The maximum Gasteiger partial charge on any atom is 0.269 e. The van der Waals surface area contributed by atoms with Crippen LogP contribution in [0.4, 0.5) is 11.4 Å². The lowest BCUT2D eigenvalue weighted by atomic mass is 10.0. The standard InChI is InChI=1S/C28H32N8O4/c1-2-40-23-11-12-25-19(17-23)18-24(28(37)29-25)26(27-30-31-32-35(27)21-5-3-4-6-21)34-15-13-33(14-16-34)20-7-9-22(10-8-20)36(38)39/h7-12,17-18,21,26H,2-6,13-16H2,1H3,(H,29,37)/t26-/m0/s1. The fourth-order valence-electron chi connectivity index (χ4n) is 5.97. The van der Waals surface area contributed by atoms with Crippen molar-refractivity contribution in [3.63, 3.8) is 0 Å².